The standard InChI is InChI=1S/C23H19N3O2/c27-21-14-22(26-20-9-5-4-8-19(20)21)25-18-12-10-17(11-13-18)23(28)24-15-16-6-2-1-3-7-16/h1-14H,15H2,(H,24,28)(H2,25,26,27). The number of aromatic nitrogens is 1. The van der Waals surface area contributed by atoms with Crippen molar-refractivity contribution < 1.29 is 4.79 Å². The van der Waals surface area contributed by atoms with Crippen LogP contribution >= 0.6 is 0 Å². The van der Waals surface area contributed by atoms with Gasteiger partial charge in [-0.1, -0.05) is 42.5 Å². The summed E-state index contributed by atoms with van der Waals surface area (Å²) in [7, 11) is 0. The number of aromatic amines is 1. The molecule has 28 heavy (non-hydrogen) atoms. The van der Waals surface area contributed by atoms with Gasteiger partial charge >= 0.3 is 0 Å². The minimum atomic E-state index is -0.130. The monoisotopic (exact) mass is 369 g/mol. The Morgan fingerprint density at radius 3 is 2.36 bits per heavy atom. The molecule has 0 saturated carbocycles. The highest BCUT2D eigenvalue weighted by molar-refractivity contribution is 5.94. The van der Waals surface area contributed by atoms with Gasteiger partial charge in [0.25, 0.3) is 5.91 Å². The first-order valence-corrected chi connectivity index (χ1v) is 9.00. The maximum atomic E-state index is 12.3. The van der Waals surface area contributed by atoms with Gasteiger partial charge in [0.15, 0.2) is 5.43 Å². The minimum Gasteiger partial charge on any atom is -0.348 e. The number of nitrogens with one attached hydrogen (secondary N) is 3. The van der Waals surface area contributed by atoms with Gasteiger partial charge < -0.3 is 15.6 Å². The summed E-state index contributed by atoms with van der Waals surface area (Å²) in [5.41, 5.74) is 3.14. The second-order valence-corrected chi connectivity index (χ2v) is 6.46. The predicted molar refractivity (Wildman–Crippen MR) is 112 cm³/mol. The van der Waals surface area contributed by atoms with Gasteiger partial charge in [0.2, 0.25) is 0 Å². The molecule has 1 aromatic heterocycles. The number of anilines is 2. The molecule has 3 N–H and O–H groups in total. The predicted octanol–water partition coefficient (Wildman–Crippen LogP) is 4.20. The van der Waals surface area contributed by atoms with Crippen LogP contribution in [0.3, 0.4) is 0 Å². The van der Waals surface area contributed by atoms with Crippen molar-refractivity contribution in [3.05, 3.63) is 106 Å². The molecule has 0 aliphatic heterocycles. The van der Waals surface area contributed by atoms with Crippen molar-refractivity contribution in [1.82, 2.24) is 10.3 Å². The van der Waals surface area contributed by atoms with E-state index < -0.39 is 0 Å². The summed E-state index contributed by atoms with van der Waals surface area (Å²) in [6, 6.07) is 25.8. The molecular formula is C23H19N3O2. The van der Waals surface area contributed by atoms with Gasteiger partial charge in [0, 0.05) is 29.2 Å². The number of H-pyrrole nitrogens is 1. The zero-order chi connectivity index (χ0) is 19.3. The number of carbonyl (C=O) groups excluding carboxylic acids is 1. The molecule has 0 radical (unpaired) electrons. The van der Waals surface area contributed by atoms with E-state index in [1.165, 1.54) is 6.07 Å². The Morgan fingerprint density at radius 1 is 0.857 bits per heavy atom. The Balaban J connectivity index is 1.44. The number of pyridine rings is 1. The summed E-state index contributed by atoms with van der Waals surface area (Å²) in [4.78, 5) is 27.7. The molecule has 5 nitrogen and oxygen atoms in total. The molecule has 1 amide bonds. The van der Waals surface area contributed by atoms with E-state index in [-0.39, 0.29) is 11.3 Å². The van der Waals surface area contributed by atoms with E-state index in [2.05, 4.69) is 15.6 Å². The van der Waals surface area contributed by atoms with Crippen molar-refractivity contribution in [2.24, 2.45) is 0 Å². The third-order valence-corrected chi connectivity index (χ3v) is 4.46. The third-order valence-electron chi connectivity index (χ3n) is 4.46. The van der Waals surface area contributed by atoms with Crippen molar-refractivity contribution in [1.29, 1.82) is 0 Å². The highest BCUT2D eigenvalue weighted by atomic mass is 16.1. The quantitative estimate of drug-likeness (QED) is 0.493. The van der Waals surface area contributed by atoms with Crippen LogP contribution < -0.4 is 16.1 Å². The molecule has 0 aliphatic rings. The van der Waals surface area contributed by atoms with E-state index in [0.717, 1.165) is 16.8 Å². The molecule has 0 unspecified atom stereocenters. The summed E-state index contributed by atoms with van der Waals surface area (Å²) >= 11 is 0. The number of hydrogen-bond donors (Lipinski definition) is 3. The molecule has 3 aromatic carbocycles. The fourth-order valence-corrected chi connectivity index (χ4v) is 3.01. The van der Waals surface area contributed by atoms with Crippen molar-refractivity contribution >= 4 is 28.3 Å². The van der Waals surface area contributed by atoms with Gasteiger partial charge in [-0.15, -0.1) is 0 Å². The molecular weight excluding hydrogens is 350 g/mol. The molecule has 0 aliphatic carbocycles. The zero-order valence-corrected chi connectivity index (χ0v) is 15.1. The lowest BCUT2D eigenvalue weighted by atomic mass is 10.1. The number of benzene rings is 3. The Hall–Kier alpha value is -3.86. The van der Waals surface area contributed by atoms with Gasteiger partial charge in [0.05, 0.1) is 5.52 Å². The lowest BCUT2D eigenvalue weighted by molar-refractivity contribution is 0.0951. The first kappa shape index (κ1) is 17.5. The van der Waals surface area contributed by atoms with Crippen molar-refractivity contribution in [3.63, 3.8) is 0 Å². The first-order valence-electron chi connectivity index (χ1n) is 9.00. The van der Waals surface area contributed by atoms with Gasteiger partial charge in [-0.05, 0) is 42.0 Å². The average molecular weight is 369 g/mol. The Kier molecular flexibility index (Phi) is 4.89. The number of carbonyl (C=O) groups is 1. The van der Waals surface area contributed by atoms with Crippen LogP contribution in [0.4, 0.5) is 11.5 Å². The van der Waals surface area contributed by atoms with Crippen LogP contribution in [-0.4, -0.2) is 10.9 Å². The Morgan fingerprint density at radius 2 is 1.57 bits per heavy atom. The topological polar surface area (TPSA) is 74.0 Å². The lowest BCUT2D eigenvalue weighted by Crippen LogP contribution is -2.22. The number of amides is 1. The molecule has 138 valence electrons. The fraction of sp³-hybridized carbons (Fsp3) is 0.0435. The largest absolute Gasteiger partial charge is 0.348 e. The van der Waals surface area contributed by atoms with E-state index in [1.807, 2.05) is 60.7 Å². The number of fused-ring (bicyclic) bond motifs is 1. The summed E-state index contributed by atoms with van der Waals surface area (Å²) in [6.07, 6.45) is 0. The summed E-state index contributed by atoms with van der Waals surface area (Å²) < 4.78 is 0. The van der Waals surface area contributed by atoms with Crippen LogP contribution in [0.1, 0.15) is 15.9 Å². The second-order valence-electron chi connectivity index (χ2n) is 6.46. The zero-order valence-electron chi connectivity index (χ0n) is 15.1. The third kappa shape index (κ3) is 3.94. The van der Waals surface area contributed by atoms with E-state index in [1.54, 1.807) is 18.2 Å². The molecule has 1 heterocycles. The van der Waals surface area contributed by atoms with Crippen LogP contribution in [0.2, 0.25) is 0 Å². The molecule has 0 saturated heterocycles. The molecule has 4 aromatic rings. The van der Waals surface area contributed by atoms with Gasteiger partial charge in [-0.2, -0.15) is 0 Å². The normalized spacial score (nSPS) is 10.6. The highest BCUT2D eigenvalue weighted by Crippen LogP contribution is 2.17. The summed E-state index contributed by atoms with van der Waals surface area (Å²) in [5, 5.41) is 6.73. The smallest absolute Gasteiger partial charge is 0.251 e. The summed E-state index contributed by atoms with van der Waals surface area (Å²) in [5.74, 6) is 0.472. The van der Waals surface area contributed by atoms with Crippen LogP contribution in [-0.2, 0) is 6.54 Å². The van der Waals surface area contributed by atoms with Crippen molar-refractivity contribution in [3.8, 4) is 0 Å². The molecule has 0 bridgehead atoms. The van der Waals surface area contributed by atoms with Crippen LogP contribution in [0, 0.1) is 0 Å². The van der Waals surface area contributed by atoms with Crippen molar-refractivity contribution in [2.75, 3.05) is 5.32 Å². The van der Waals surface area contributed by atoms with E-state index >= 15 is 0 Å². The lowest BCUT2D eigenvalue weighted by Gasteiger charge is -2.09. The van der Waals surface area contributed by atoms with Gasteiger partial charge in [-0.3, -0.25) is 9.59 Å². The van der Waals surface area contributed by atoms with Gasteiger partial charge in [0.1, 0.15) is 5.82 Å². The molecule has 0 fully saturated rings. The van der Waals surface area contributed by atoms with Gasteiger partial charge in [-0.25, -0.2) is 0 Å². The SMILES string of the molecule is O=C(NCc1ccccc1)c1ccc(Nc2cc(=O)c3ccccc3[nH]2)cc1. The highest BCUT2D eigenvalue weighted by Gasteiger charge is 2.06. The maximum Gasteiger partial charge on any atom is 0.251 e. The maximum absolute atomic E-state index is 12.3. The van der Waals surface area contributed by atoms with Crippen LogP contribution in [0.5, 0.6) is 0 Å². The second kappa shape index (κ2) is 7.80. The van der Waals surface area contributed by atoms with Crippen molar-refractivity contribution in [2.45, 2.75) is 6.54 Å². The molecule has 0 spiro atoms. The molecule has 4 rings (SSSR count). The number of para-hydroxylation sites is 1. The van der Waals surface area contributed by atoms with E-state index in [0.29, 0.717) is 23.3 Å². The summed E-state index contributed by atoms with van der Waals surface area (Å²) in [6.45, 7) is 0.484. The number of hydrogen-bond acceptors (Lipinski definition) is 3. The fourth-order valence-electron chi connectivity index (χ4n) is 3.01. The number of rotatable bonds is 5. The van der Waals surface area contributed by atoms with E-state index in [9.17, 15) is 9.59 Å². The van der Waals surface area contributed by atoms with Crippen LogP contribution in [0.15, 0.2) is 89.7 Å². The van der Waals surface area contributed by atoms with Crippen LogP contribution in [0.25, 0.3) is 10.9 Å². The first-order chi connectivity index (χ1) is 13.7. The Labute approximate surface area is 162 Å². The Bertz CT molecular complexity index is 1170. The minimum absolute atomic E-state index is 0.0474. The van der Waals surface area contributed by atoms with E-state index in [4.69, 9.17) is 0 Å². The molecule has 0 atom stereocenters. The molecule has 5 heteroatoms. The average Bonchev–Trinajstić information content (AvgIpc) is 2.73.